The average molecular weight is 400 g/mol. The van der Waals surface area contributed by atoms with Gasteiger partial charge in [0.2, 0.25) is 0 Å². The highest BCUT2D eigenvalue weighted by atomic mass is 32.2. The molecule has 27 heavy (non-hydrogen) atoms. The van der Waals surface area contributed by atoms with Crippen molar-refractivity contribution in [2.24, 2.45) is 0 Å². The number of nitrogens with zero attached hydrogens (tertiary/aromatic N) is 4. The molecule has 0 unspecified atom stereocenters. The summed E-state index contributed by atoms with van der Waals surface area (Å²) in [4.78, 5) is 16.5. The Bertz CT molecular complexity index is 977. The molecule has 1 atom stereocenters. The highest BCUT2D eigenvalue weighted by Gasteiger charge is 2.24. The zero-order valence-electron chi connectivity index (χ0n) is 14.7. The predicted octanol–water partition coefficient (Wildman–Crippen LogP) is 3.69. The van der Waals surface area contributed by atoms with Gasteiger partial charge in [-0.1, -0.05) is 23.9 Å². The molecule has 0 aliphatic rings. The third-order valence-electron chi connectivity index (χ3n) is 3.47. The molecular formula is C18H16N4O3S2. The molecule has 138 valence electrons. The number of nitriles is 1. The van der Waals surface area contributed by atoms with Gasteiger partial charge in [0.25, 0.3) is 11.1 Å². The maximum absolute atomic E-state index is 12.3. The van der Waals surface area contributed by atoms with Crippen LogP contribution in [0.25, 0.3) is 0 Å². The standard InChI is InChI=1S/C18H16N4O3S2/c1-11-4-3-5-13(6-11)24-8-16-21-22-18(25-16)27-10-15(23)14(7-19)17-20-12(2)9-26-17/h3-6,9,14H,8,10H2,1-2H3/t14-/m0/s1. The first-order chi connectivity index (χ1) is 13.0. The van der Waals surface area contributed by atoms with Crippen LogP contribution in [0.4, 0.5) is 0 Å². The number of ether oxygens (including phenoxy) is 1. The van der Waals surface area contributed by atoms with Crippen LogP contribution in [0.3, 0.4) is 0 Å². The molecule has 3 aromatic rings. The Morgan fingerprint density at radius 1 is 1.41 bits per heavy atom. The van der Waals surface area contributed by atoms with Crippen molar-refractivity contribution >= 4 is 28.9 Å². The number of hydrogen-bond acceptors (Lipinski definition) is 9. The van der Waals surface area contributed by atoms with Gasteiger partial charge in [0, 0.05) is 11.1 Å². The Morgan fingerprint density at radius 3 is 2.96 bits per heavy atom. The number of Topliss-reactive ketones (excluding diaryl/α,β-unsaturated/α-hetero) is 1. The van der Waals surface area contributed by atoms with E-state index >= 15 is 0 Å². The molecular weight excluding hydrogens is 384 g/mol. The lowest BCUT2D eigenvalue weighted by Gasteiger charge is -2.04. The first-order valence-electron chi connectivity index (χ1n) is 8.04. The van der Waals surface area contributed by atoms with Gasteiger partial charge in [-0.2, -0.15) is 5.26 Å². The lowest BCUT2D eigenvalue weighted by Crippen LogP contribution is -2.13. The van der Waals surface area contributed by atoms with Gasteiger partial charge >= 0.3 is 0 Å². The van der Waals surface area contributed by atoms with Crippen LogP contribution in [-0.2, 0) is 11.4 Å². The van der Waals surface area contributed by atoms with Gasteiger partial charge in [-0.25, -0.2) is 4.98 Å². The van der Waals surface area contributed by atoms with E-state index in [9.17, 15) is 10.1 Å². The van der Waals surface area contributed by atoms with Crippen LogP contribution in [0.5, 0.6) is 5.75 Å². The minimum absolute atomic E-state index is 0.0528. The minimum atomic E-state index is -0.872. The maximum atomic E-state index is 12.3. The van der Waals surface area contributed by atoms with Gasteiger partial charge < -0.3 is 9.15 Å². The summed E-state index contributed by atoms with van der Waals surface area (Å²) in [5.41, 5.74) is 1.89. The lowest BCUT2D eigenvalue weighted by molar-refractivity contribution is -0.116. The van der Waals surface area contributed by atoms with Crippen LogP contribution in [-0.4, -0.2) is 26.7 Å². The van der Waals surface area contributed by atoms with Crippen LogP contribution < -0.4 is 4.74 Å². The summed E-state index contributed by atoms with van der Waals surface area (Å²) in [6, 6.07) is 9.65. The van der Waals surface area contributed by atoms with Gasteiger partial charge in [0.05, 0.1) is 11.8 Å². The molecule has 0 saturated carbocycles. The molecule has 0 spiro atoms. The molecule has 1 aromatic carbocycles. The quantitative estimate of drug-likeness (QED) is 0.528. The zero-order valence-corrected chi connectivity index (χ0v) is 16.3. The van der Waals surface area contributed by atoms with Crippen LogP contribution in [0.2, 0.25) is 0 Å². The van der Waals surface area contributed by atoms with Gasteiger partial charge in [0.1, 0.15) is 10.8 Å². The third kappa shape index (κ3) is 5.15. The largest absolute Gasteiger partial charge is 0.484 e. The number of ketones is 1. The van der Waals surface area contributed by atoms with Crippen molar-refractivity contribution in [1.82, 2.24) is 15.2 Å². The summed E-state index contributed by atoms with van der Waals surface area (Å²) in [5, 5.41) is 19.7. The van der Waals surface area contributed by atoms with Crippen molar-refractivity contribution in [2.45, 2.75) is 31.6 Å². The Morgan fingerprint density at radius 2 is 2.26 bits per heavy atom. The van der Waals surface area contributed by atoms with Crippen molar-refractivity contribution in [3.63, 3.8) is 0 Å². The van der Waals surface area contributed by atoms with E-state index in [2.05, 4.69) is 15.2 Å². The fourth-order valence-corrected chi connectivity index (χ4v) is 3.74. The number of thiazole rings is 1. The highest BCUT2D eigenvalue weighted by Crippen LogP contribution is 2.24. The fourth-order valence-electron chi connectivity index (χ4n) is 2.19. The van der Waals surface area contributed by atoms with Gasteiger partial charge in [-0.05, 0) is 31.5 Å². The summed E-state index contributed by atoms with van der Waals surface area (Å²) in [5.74, 6) is -0.0279. The molecule has 0 amide bonds. The van der Waals surface area contributed by atoms with E-state index in [0.717, 1.165) is 23.0 Å². The molecule has 2 heterocycles. The number of aromatic nitrogens is 3. The second-order valence-corrected chi connectivity index (χ2v) is 7.53. The number of benzene rings is 1. The van der Waals surface area contributed by atoms with Crippen LogP contribution in [0, 0.1) is 25.2 Å². The number of carbonyl (C=O) groups excluding carboxylic acids is 1. The van der Waals surface area contributed by atoms with Crippen molar-refractivity contribution < 1.29 is 13.9 Å². The molecule has 7 nitrogen and oxygen atoms in total. The molecule has 0 saturated heterocycles. The number of carbonyl (C=O) groups is 1. The number of aryl methyl sites for hydroxylation is 2. The van der Waals surface area contributed by atoms with E-state index in [4.69, 9.17) is 9.15 Å². The molecule has 0 aliphatic carbocycles. The van der Waals surface area contributed by atoms with Crippen molar-refractivity contribution in [2.75, 3.05) is 5.75 Å². The summed E-state index contributed by atoms with van der Waals surface area (Å²) in [6.45, 7) is 3.95. The first-order valence-corrected chi connectivity index (χ1v) is 9.90. The molecule has 0 N–H and O–H groups in total. The average Bonchev–Trinajstić information content (AvgIpc) is 3.28. The van der Waals surface area contributed by atoms with Crippen LogP contribution in [0.1, 0.15) is 28.1 Å². The van der Waals surface area contributed by atoms with Crippen molar-refractivity contribution in [1.29, 1.82) is 5.26 Å². The third-order valence-corrected chi connectivity index (χ3v) is 5.34. The fraction of sp³-hybridized carbons (Fsp3) is 0.278. The Kier molecular flexibility index (Phi) is 6.21. The highest BCUT2D eigenvalue weighted by molar-refractivity contribution is 7.99. The molecule has 2 aromatic heterocycles. The minimum Gasteiger partial charge on any atom is -0.484 e. The second-order valence-electron chi connectivity index (χ2n) is 5.71. The molecule has 3 rings (SSSR count). The Hall–Kier alpha value is -2.70. The topological polar surface area (TPSA) is 102 Å². The SMILES string of the molecule is Cc1cccc(OCc2nnc(SCC(=O)[C@H](C#N)c3nc(C)cs3)o2)c1. The number of rotatable bonds is 8. The van der Waals surface area contributed by atoms with E-state index in [0.29, 0.717) is 16.6 Å². The van der Waals surface area contributed by atoms with E-state index < -0.39 is 5.92 Å². The summed E-state index contributed by atoms with van der Waals surface area (Å²) >= 11 is 2.41. The van der Waals surface area contributed by atoms with E-state index in [1.165, 1.54) is 11.3 Å². The Balaban J connectivity index is 1.53. The summed E-state index contributed by atoms with van der Waals surface area (Å²) in [7, 11) is 0. The van der Waals surface area contributed by atoms with E-state index in [1.807, 2.05) is 49.6 Å². The van der Waals surface area contributed by atoms with Crippen LogP contribution in [0.15, 0.2) is 39.3 Å². The Labute approximate surface area is 164 Å². The summed E-state index contributed by atoms with van der Waals surface area (Å²) < 4.78 is 11.1. The van der Waals surface area contributed by atoms with Crippen molar-refractivity contribution in [3.05, 3.63) is 51.8 Å². The normalized spacial score (nSPS) is 11.7. The van der Waals surface area contributed by atoms with Crippen molar-refractivity contribution in [3.8, 4) is 11.8 Å². The lowest BCUT2D eigenvalue weighted by atomic mass is 10.1. The molecule has 0 aliphatic heterocycles. The second kappa shape index (κ2) is 8.79. The first kappa shape index (κ1) is 19.1. The van der Waals surface area contributed by atoms with Crippen LogP contribution >= 0.6 is 23.1 Å². The van der Waals surface area contributed by atoms with Gasteiger partial charge in [-0.15, -0.1) is 21.5 Å². The summed E-state index contributed by atoms with van der Waals surface area (Å²) in [6.07, 6.45) is 0. The predicted molar refractivity (Wildman–Crippen MR) is 101 cm³/mol. The molecule has 0 bridgehead atoms. The number of thioether (sulfide) groups is 1. The maximum Gasteiger partial charge on any atom is 0.277 e. The van der Waals surface area contributed by atoms with E-state index in [1.54, 1.807) is 0 Å². The van der Waals surface area contributed by atoms with E-state index in [-0.39, 0.29) is 23.4 Å². The molecule has 0 fully saturated rings. The van der Waals surface area contributed by atoms with Gasteiger partial charge in [0.15, 0.2) is 18.3 Å². The monoisotopic (exact) mass is 400 g/mol. The molecule has 9 heteroatoms. The van der Waals surface area contributed by atoms with Gasteiger partial charge in [-0.3, -0.25) is 4.79 Å². The number of hydrogen-bond donors (Lipinski definition) is 0. The molecule has 0 radical (unpaired) electrons. The smallest absolute Gasteiger partial charge is 0.277 e. The zero-order chi connectivity index (χ0) is 19.2.